The molecule has 17 heavy (non-hydrogen) atoms. The molecule has 0 radical (unpaired) electrons. The number of aldehydes is 2. The van der Waals surface area contributed by atoms with E-state index in [0.29, 0.717) is 0 Å². The second-order valence-corrected chi connectivity index (χ2v) is 3.54. The van der Waals surface area contributed by atoms with E-state index in [1.54, 1.807) is 12.2 Å². The van der Waals surface area contributed by atoms with Gasteiger partial charge in [-0.3, -0.25) is 9.59 Å². The maximum atomic E-state index is 9.96. The van der Waals surface area contributed by atoms with Crippen LogP contribution in [0.4, 0.5) is 0 Å². The lowest BCUT2D eigenvalue weighted by Crippen LogP contribution is -1.74. The van der Waals surface area contributed by atoms with Crippen LogP contribution in [0, 0.1) is 0 Å². The van der Waals surface area contributed by atoms with E-state index in [9.17, 15) is 9.59 Å². The fraction of sp³-hybridized carbons (Fsp3) is 0.333. The van der Waals surface area contributed by atoms with Crippen LogP contribution in [0.3, 0.4) is 0 Å². The highest BCUT2D eigenvalue weighted by molar-refractivity contribution is 5.65. The fourth-order valence-corrected chi connectivity index (χ4v) is 1.27. The standard InChI is InChI=1S/C15H20O2/c16-14-12-10-8-6-4-2-1-3-5-7-9-11-13-15-17/h6-15H,1-5H2. The Kier molecular flexibility index (Phi) is 12.9. The monoisotopic (exact) mass is 232 g/mol. The molecule has 2 heteroatoms. The van der Waals surface area contributed by atoms with Crippen molar-refractivity contribution < 1.29 is 9.59 Å². The lowest BCUT2D eigenvalue weighted by molar-refractivity contribution is -0.104. The topological polar surface area (TPSA) is 34.1 Å². The van der Waals surface area contributed by atoms with Crippen LogP contribution in [0.25, 0.3) is 0 Å². The molecule has 0 aromatic heterocycles. The van der Waals surface area contributed by atoms with Crippen molar-refractivity contribution in [2.75, 3.05) is 0 Å². The fourth-order valence-electron chi connectivity index (χ4n) is 1.27. The zero-order chi connectivity index (χ0) is 12.6. The van der Waals surface area contributed by atoms with Crippen LogP contribution >= 0.6 is 0 Å². The molecule has 92 valence electrons. The van der Waals surface area contributed by atoms with Crippen LogP contribution in [0.15, 0.2) is 48.6 Å². The number of allylic oxidation sites excluding steroid dienone is 8. The third kappa shape index (κ3) is 14.3. The summed E-state index contributed by atoms with van der Waals surface area (Å²) < 4.78 is 0. The minimum atomic E-state index is 0.774. The van der Waals surface area contributed by atoms with Gasteiger partial charge in [0.2, 0.25) is 0 Å². The zero-order valence-electron chi connectivity index (χ0n) is 10.1. The summed E-state index contributed by atoms with van der Waals surface area (Å²) in [7, 11) is 0. The number of carbonyl (C=O) groups is 2. The molecule has 0 aliphatic heterocycles. The molecule has 0 aromatic carbocycles. The summed E-state index contributed by atoms with van der Waals surface area (Å²) in [6.45, 7) is 0. The second-order valence-electron chi connectivity index (χ2n) is 3.54. The van der Waals surface area contributed by atoms with Gasteiger partial charge in [0, 0.05) is 0 Å². The van der Waals surface area contributed by atoms with E-state index in [2.05, 4.69) is 12.2 Å². The molecule has 0 saturated heterocycles. The first-order valence-electron chi connectivity index (χ1n) is 5.95. The highest BCUT2D eigenvalue weighted by Gasteiger charge is 1.84. The van der Waals surface area contributed by atoms with E-state index < -0.39 is 0 Å². The summed E-state index contributed by atoms with van der Waals surface area (Å²) in [4.78, 5) is 19.9. The van der Waals surface area contributed by atoms with Crippen LogP contribution in [-0.2, 0) is 9.59 Å². The number of hydrogen-bond donors (Lipinski definition) is 0. The summed E-state index contributed by atoms with van der Waals surface area (Å²) in [6, 6.07) is 0. The van der Waals surface area contributed by atoms with E-state index in [1.165, 1.54) is 31.4 Å². The molecule has 0 bridgehead atoms. The van der Waals surface area contributed by atoms with Crippen LogP contribution in [0.5, 0.6) is 0 Å². The maximum Gasteiger partial charge on any atom is 0.142 e. The van der Waals surface area contributed by atoms with E-state index in [-0.39, 0.29) is 0 Å². The van der Waals surface area contributed by atoms with Crippen LogP contribution in [-0.4, -0.2) is 12.6 Å². The molecule has 0 spiro atoms. The summed E-state index contributed by atoms with van der Waals surface area (Å²) in [5.74, 6) is 0. The van der Waals surface area contributed by atoms with Crippen LogP contribution in [0.2, 0.25) is 0 Å². The lowest BCUT2D eigenvalue weighted by atomic mass is 10.1. The quantitative estimate of drug-likeness (QED) is 0.250. The molecular weight excluding hydrogens is 212 g/mol. The Morgan fingerprint density at radius 2 is 1.00 bits per heavy atom. The number of rotatable bonds is 10. The van der Waals surface area contributed by atoms with Gasteiger partial charge in [-0.25, -0.2) is 0 Å². The van der Waals surface area contributed by atoms with Crippen molar-refractivity contribution in [2.24, 2.45) is 0 Å². The van der Waals surface area contributed by atoms with Gasteiger partial charge in [-0.1, -0.05) is 42.9 Å². The first-order valence-corrected chi connectivity index (χ1v) is 5.95. The molecule has 0 aliphatic rings. The van der Waals surface area contributed by atoms with Crippen molar-refractivity contribution >= 4 is 12.6 Å². The average Bonchev–Trinajstić information content (AvgIpc) is 2.35. The summed E-state index contributed by atoms with van der Waals surface area (Å²) in [5, 5.41) is 0. The first kappa shape index (κ1) is 15.3. The highest BCUT2D eigenvalue weighted by Crippen LogP contribution is 2.04. The summed E-state index contributed by atoms with van der Waals surface area (Å²) in [5.41, 5.74) is 0. The predicted octanol–water partition coefficient (Wildman–Crippen LogP) is 3.56. The third-order valence-electron chi connectivity index (χ3n) is 2.12. The van der Waals surface area contributed by atoms with Crippen molar-refractivity contribution in [2.45, 2.75) is 32.1 Å². The van der Waals surface area contributed by atoms with Crippen molar-refractivity contribution in [3.8, 4) is 0 Å². The second kappa shape index (κ2) is 14.3. The van der Waals surface area contributed by atoms with Crippen molar-refractivity contribution in [1.29, 1.82) is 0 Å². The molecular formula is C15H20O2. The Morgan fingerprint density at radius 3 is 1.41 bits per heavy atom. The molecule has 0 amide bonds. The van der Waals surface area contributed by atoms with Crippen molar-refractivity contribution in [3.05, 3.63) is 48.6 Å². The minimum Gasteiger partial charge on any atom is -0.299 e. The van der Waals surface area contributed by atoms with Crippen molar-refractivity contribution in [1.82, 2.24) is 0 Å². The molecule has 2 nitrogen and oxygen atoms in total. The molecule has 0 aromatic rings. The SMILES string of the molecule is O=CC=CC=CCCCCCC=CC=CC=O. The zero-order valence-corrected chi connectivity index (χ0v) is 10.1. The van der Waals surface area contributed by atoms with Gasteiger partial charge in [0.25, 0.3) is 0 Å². The summed E-state index contributed by atoms with van der Waals surface area (Å²) in [6.07, 6.45) is 21.6. The Morgan fingerprint density at radius 1 is 0.529 bits per heavy atom. The highest BCUT2D eigenvalue weighted by atomic mass is 16.1. The molecule has 0 saturated carbocycles. The smallest absolute Gasteiger partial charge is 0.142 e. The van der Waals surface area contributed by atoms with Crippen LogP contribution < -0.4 is 0 Å². The Hall–Kier alpha value is -1.70. The molecule has 0 rings (SSSR count). The maximum absolute atomic E-state index is 9.96. The summed E-state index contributed by atoms with van der Waals surface area (Å²) >= 11 is 0. The average molecular weight is 232 g/mol. The number of carbonyl (C=O) groups excluding carboxylic acids is 2. The normalized spacial score (nSPS) is 12.2. The number of unbranched alkanes of at least 4 members (excludes halogenated alkanes) is 4. The molecule has 0 heterocycles. The molecule has 0 fully saturated rings. The van der Waals surface area contributed by atoms with Gasteiger partial charge < -0.3 is 0 Å². The lowest BCUT2D eigenvalue weighted by Gasteiger charge is -1.94. The molecule has 0 aliphatic carbocycles. The van der Waals surface area contributed by atoms with E-state index in [1.807, 2.05) is 12.2 Å². The van der Waals surface area contributed by atoms with Gasteiger partial charge in [0.15, 0.2) is 0 Å². The Bertz CT molecular complexity index is 266. The molecule has 0 atom stereocenters. The van der Waals surface area contributed by atoms with E-state index >= 15 is 0 Å². The predicted molar refractivity (Wildman–Crippen MR) is 71.8 cm³/mol. The molecule has 0 N–H and O–H groups in total. The minimum absolute atomic E-state index is 0.774. The van der Waals surface area contributed by atoms with Crippen LogP contribution in [0.1, 0.15) is 32.1 Å². The van der Waals surface area contributed by atoms with Gasteiger partial charge in [-0.15, -0.1) is 0 Å². The van der Waals surface area contributed by atoms with Gasteiger partial charge in [0.05, 0.1) is 0 Å². The largest absolute Gasteiger partial charge is 0.299 e. The van der Waals surface area contributed by atoms with Gasteiger partial charge in [-0.2, -0.15) is 0 Å². The third-order valence-corrected chi connectivity index (χ3v) is 2.12. The van der Waals surface area contributed by atoms with Gasteiger partial charge >= 0.3 is 0 Å². The van der Waals surface area contributed by atoms with E-state index in [4.69, 9.17) is 0 Å². The Balaban J connectivity index is 3.29. The number of hydrogen-bond acceptors (Lipinski definition) is 2. The van der Waals surface area contributed by atoms with Crippen molar-refractivity contribution in [3.63, 3.8) is 0 Å². The Labute approximate surface area is 103 Å². The van der Waals surface area contributed by atoms with Gasteiger partial charge in [-0.05, 0) is 37.8 Å². The van der Waals surface area contributed by atoms with Gasteiger partial charge in [0.1, 0.15) is 12.6 Å². The first-order chi connectivity index (χ1) is 8.41. The molecule has 0 unspecified atom stereocenters. The van der Waals surface area contributed by atoms with E-state index in [0.717, 1.165) is 25.4 Å².